The predicted molar refractivity (Wildman–Crippen MR) is 45.1 cm³/mol. The molecule has 0 unspecified atom stereocenters. The zero-order chi connectivity index (χ0) is 10.6. The molecular formula is C8H11N3O3. The third kappa shape index (κ3) is 2.42. The minimum absolute atomic E-state index is 0.328. The molecule has 0 saturated heterocycles. The molecule has 1 saturated carbocycles. The normalized spacial score (nSPS) is 28.1. The summed E-state index contributed by atoms with van der Waals surface area (Å²) in [5, 5.41) is 31.0. The van der Waals surface area contributed by atoms with Crippen LogP contribution in [0.15, 0.2) is 5.11 Å². The van der Waals surface area contributed by atoms with Gasteiger partial charge in [0.1, 0.15) is 0 Å². The molecule has 1 aliphatic carbocycles. The summed E-state index contributed by atoms with van der Waals surface area (Å²) in [4.78, 5) is 11.0. The third-order valence-electron chi connectivity index (χ3n) is 2.50. The molecule has 6 heteroatoms. The highest BCUT2D eigenvalue weighted by atomic mass is 16.5. The van der Waals surface area contributed by atoms with E-state index in [0.717, 1.165) is 0 Å². The average molecular weight is 197 g/mol. The van der Waals surface area contributed by atoms with Gasteiger partial charge in [-0.2, -0.15) is 5.26 Å². The zero-order valence-electron chi connectivity index (χ0n) is 7.59. The molecule has 0 aromatic rings. The van der Waals surface area contributed by atoms with Gasteiger partial charge < -0.3 is 10.3 Å². The average Bonchev–Trinajstić information content (AvgIpc) is 2.18. The van der Waals surface area contributed by atoms with E-state index in [-0.39, 0.29) is 12.0 Å². The fourth-order valence-corrected chi connectivity index (χ4v) is 1.67. The van der Waals surface area contributed by atoms with Crippen LogP contribution >= 0.6 is 0 Å². The summed E-state index contributed by atoms with van der Waals surface area (Å²) in [5.41, 5.74) is 0. The van der Waals surface area contributed by atoms with Crippen molar-refractivity contribution in [2.45, 2.75) is 31.7 Å². The topological polar surface area (TPSA) is 99.5 Å². The second-order valence-corrected chi connectivity index (χ2v) is 3.35. The van der Waals surface area contributed by atoms with Crippen molar-refractivity contribution in [3.8, 4) is 6.19 Å². The Bertz CT molecular complexity index is 287. The molecule has 0 heterocycles. The summed E-state index contributed by atoms with van der Waals surface area (Å²) in [6, 6.07) is -0.328. The summed E-state index contributed by atoms with van der Waals surface area (Å²) in [7, 11) is 0. The van der Waals surface area contributed by atoms with Crippen LogP contribution < -0.4 is 0 Å². The first-order chi connectivity index (χ1) is 6.65. The van der Waals surface area contributed by atoms with E-state index < -0.39 is 5.97 Å². The van der Waals surface area contributed by atoms with Crippen LogP contribution in [0.4, 0.5) is 0 Å². The third-order valence-corrected chi connectivity index (χ3v) is 2.50. The van der Waals surface area contributed by atoms with Crippen molar-refractivity contribution in [1.29, 1.82) is 5.26 Å². The molecule has 1 aliphatic rings. The summed E-state index contributed by atoms with van der Waals surface area (Å²) in [6.45, 7) is 0. The zero-order valence-corrected chi connectivity index (χ0v) is 7.59. The molecule has 0 amide bonds. The number of aliphatic carboxylic acids is 1. The Morgan fingerprint density at radius 3 is 2.50 bits per heavy atom. The lowest BCUT2D eigenvalue weighted by Gasteiger charge is -2.22. The molecule has 0 radical (unpaired) electrons. The van der Waals surface area contributed by atoms with Gasteiger partial charge in [-0.1, -0.05) is 4.86 Å². The van der Waals surface area contributed by atoms with Crippen molar-refractivity contribution in [2.75, 3.05) is 0 Å². The maximum atomic E-state index is 11.1. The number of carboxylic acid groups (broad SMARTS) is 1. The fourth-order valence-electron chi connectivity index (χ4n) is 1.67. The summed E-state index contributed by atoms with van der Waals surface area (Å²) < 4.78 is 0. The Hall–Kier alpha value is -1.64. The van der Waals surface area contributed by atoms with Crippen LogP contribution in [0.25, 0.3) is 0 Å². The Morgan fingerprint density at radius 2 is 2.07 bits per heavy atom. The van der Waals surface area contributed by atoms with Gasteiger partial charge in [0, 0.05) is 12.8 Å². The summed E-state index contributed by atoms with van der Waals surface area (Å²) in [5.74, 6) is -1.15. The van der Waals surface area contributed by atoms with Gasteiger partial charge in [0.15, 0.2) is 6.04 Å². The number of hydrogen-bond acceptors (Lipinski definition) is 4. The highest BCUT2D eigenvalue weighted by Gasteiger charge is 2.30. The molecular weight excluding hydrogens is 186 g/mol. The molecule has 0 aromatic carbocycles. The van der Waals surface area contributed by atoms with E-state index in [4.69, 9.17) is 10.4 Å². The highest BCUT2D eigenvalue weighted by molar-refractivity contribution is 5.69. The number of nitriles is 1. The van der Waals surface area contributed by atoms with Crippen LogP contribution in [0.2, 0.25) is 0 Å². The van der Waals surface area contributed by atoms with Crippen molar-refractivity contribution < 1.29 is 14.8 Å². The van der Waals surface area contributed by atoms with Crippen molar-refractivity contribution in [3.63, 3.8) is 0 Å². The number of carboxylic acids is 1. The first kappa shape index (κ1) is 10.4. The minimum atomic E-state index is -0.807. The maximum absolute atomic E-state index is 11.1. The van der Waals surface area contributed by atoms with E-state index in [1.54, 1.807) is 0 Å². The summed E-state index contributed by atoms with van der Waals surface area (Å²) in [6.07, 6.45) is 3.38. The number of hydroxylamine groups is 1. The largest absolute Gasteiger partial charge is 0.599 e. The van der Waals surface area contributed by atoms with Crippen molar-refractivity contribution >= 4 is 5.97 Å². The number of azo groups is 1. The van der Waals surface area contributed by atoms with Gasteiger partial charge in [-0.3, -0.25) is 4.79 Å². The van der Waals surface area contributed by atoms with E-state index >= 15 is 0 Å². The van der Waals surface area contributed by atoms with E-state index in [2.05, 4.69) is 5.11 Å². The molecule has 0 bridgehead atoms. The van der Waals surface area contributed by atoms with Crippen molar-refractivity contribution in [1.82, 2.24) is 0 Å². The van der Waals surface area contributed by atoms with Crippen molar-refractivity contribution in [2.24, 2.45) is 11.0 Å². The minimum Gasteiger partial charge on any atom is -0.599 e. The van der Waals surface area contributed by atoms with Crippen LogP contribution in [-0.4, -0.2) is 22.0 Å². The van der Waals surface area contributed by atoms with Gasteiger partial charge in [0.2, 0.25) is 0 Å². The Morgan fingerprint density at radius 1 is 1.50 bits per heavy atom. The van der Waals surface area contributed by atoms with Gasteiger partial charge in [0.05, 0.1) is 11.0 Å². The predicted octanol–water partition coefficient (Wildman–Crippen LogP) is 1.07. The van der Waals surface area contributed by atoms with Crippen LogP contribution in [0.3, 0.4) is 0 Å². The number of carbonyl (C=O) groups is 1. The lowest BCUT2D eigenvalue weighted by Crippen LogP contribution is -2.29. The van der Waals surface area contributed by atoms with Gasteiger partial charge in [-0.05, 0) is 12.8 Å². The molecule has 0 aromatic heterocycles. The molecule has 76 valence electrons. The lowest BCUT2D eigenvalue weighted by atomic mass is 9.86. The van der Waals surface area contributed by atoms with E-state index in [1.807, 2.05) is 0 Å². The smallest absolute Gasteiger partial charge is 0.306 e. The van der Waals surface area contributed by atoms with E-state index in [9.17, 15) is 10.0 Å². The van der Waals surface area contributed by atoms with Crippen LogP contribution in [0, 0.1) is 22.6 Å². The second-order valence-electron chi connectivity index (χ2n) is 3.35. The standard InChI is InChI=1S/C8H11N3O3/c9-5-10-11(14)7-3-1-6(2-4-7)8(12)13/h6-7H,1-4H2,(H,12,13). The van der Waals surface area contributed by atoms with Gasteiger partial charge >= 0.3 is 5.97 Å². The molecule has 1 fully saturated rings. The molecule has 6 nitrogen and oxygen atoms in total. The Labute approximate surface area is 81.0 Å². The number of hydrogen-bond donors (Lipinski definition) is 1. The SMILES string of the molecule is N#CN=[N+]([O-])C1CCC(C(=O)O)CC1. The summed E-state index contributed by atoms with van der Waals surface area (Å²) >= 11 is 0. The van der Waals surface area contributed by atoms with Crippen LogP contribution in [-0.2, 0) is 4.79 Å². The Kier molecular flexibility index (Phi) is 3.40. The monoisotopic (exact) mass is 197 g/mol. The number of nitrogens with zero attached hydrogens (tertiary/aromatic N) is 3. The molecule has 14 heavy (non-hydrogen) atoms. The lowest BCUT2D eigenvalue weighted by molar-refractivity contribution is -0.567. The van der Waals surface area contributed by atoms with E-state index in [0.29, 0.717) is 30.5 Å². The molecule has 1 rings (SSSR count). The van der Waals surface area contributed by atoms with Crippen molar-refractivity contribution in [3.05, 3.63) is 5.21 Å². The highest BCUT2D eigenvalue weighted by Crippen LogP contribution is 2.26. The first-order valence-electron chi connectivity index (χ1n) is 4.44. The Balaban J connectivity index is 2.48. The molecule has 0 aliphatic heterocycles. The quantitative estimate of drug-likeness (QED) is 0.309. The maximum Gasteiger partial charge on any atom is 0.306 e. The first-order valence-corrected chi connectivity index (χ1v) is 4.44. The number of rotatable bonds is 2. The fraction of sp³-hybridized carbons (Fsp3) is 0.750. The van der Waals surface area contributed by atoms with Gasteiger partial charge in [0.25, 0.3) is 6.19 Å². The molecule has 0 atom stereocenters. The van der Waals surface area contributed by atoms with Gasteiger partial charge in [-0.25, -0.2) is 0 Å². The van der Waals surface area contributed by atoms with Crippen LogP contribution in [0.1, 0.15) is 25.7 Å². The van der Waals surface area contributed by atoms with E-state index in [1.165, 1.54) is 6.19 Å². The van der Waals surface area contributed by atoms with Crippen LogP contribution in [0.5, 0.6) is 0 Å². The molecule has 1 N–H and O–H groups in total. The molecule has 0 spiro atoms. The van der Waals surface area contributed by atoms with Gasteiger partial charge in [-0.15, -0.1) is 0 Å². The second kappa shape index (κ2) is 4.56.